The van der Waals surface area contributed by atoms with E-state index in [1.165, 1.54) is 24.3 Å². The van der Waals surface area contributed by atoms with Gasteiger partial charge in [-0.2, -0.15) is 0 Å². The van der Waals surface area contributed by atoms with Gasteiger partial charge in [0.05, 0.1) is 21.1 Å². The average molecular weight is 785 g/mol. The van der Waals surface area contributed by atoms with Crippen molar-refractivity contribution in [2.75, 3.05) is 0 Å². The lowest BCUT2D eigenvalue weighted by molar-refractivity contribution is -0.138. The number of aliphatic carboxylic acids is 2. The Hall–Kier alpha value is -4.29. The van der Waals surface area contributed by atoms with Crippen LogP contribution in [0.3, 0.4) is 0 Å². The summed E-state index contributed by atoms with van der Waals surface area (Å²) in [6.07, 6.45) is 1.67. The maximum atomic E-state index is 11.5. The number of halogens is 6. The zero-order valence-electron chi connectivity index (χ0n) is 24.5. The van der Waals surface area contributed by atoms with Crippen molar-refractivity contribution in [1.82, 2.24) is 9.13 Å². The highest BCUT2D eigenvalue weighted by atomic mass is 35.5. The second-order valence-corrected chi connectivity index (χ2v) is 12.7. The Morgan fingerprint density at radius 1 is 0.551 bits per heavy atom. The minimum atomic E-state index is -1.27. The number of aromatic carboxylic acids is 1. The maximum Gasteiger partial charge on any atom is 0.352 e. The number of carbonyl (C=O) groups is 3. The number of nitrogens with zero attached hydrogens (tertiary/aromatic N) is 2. The Kier molecular flexibility index (Phi) is 11.1. The van der Waals surface area contributed by atoms with E-state index in [0.717, 1.165) is 9.95 Å². The molecule has 0 fully saturated rings. The van der Waals surface area contributed by atoms with Gasteiger partial charge in [0.15, 0.2) is 0 Å². The van der Waals surface area contributed by atoms with Crippen molar-refractivity contribution in [2.24, 2.45) is 0 Å². The fraction of sp³-hybridized carbons (Fsp3) is 0.0606. The van der Waals surface area contributed by atoms with Crippen LogP contribution in [0.4, 0.5) is 0 Å². The van der Waals surface area contributed by atoms with Gasteiger partial charge in [-0.25, -0.2) is 4.79 Å². The summed E-state index contributed by atoms with van der Waals surface area (Å²) >= 11 is 36.4. The first kappa shape index (κ1) is 36.0. The number of hydrogen-bond acceptors (Lipinski definition) is 5. The molecule has 3 N–H and O–H groups in total. The van der Waals surface area contributed by atoms with Crippen LogP contribution in [0.1, 0.15) is 10.5 Å². The molecule has 0 aliphatic heterocycles. The van der Waals surface area contributed by atoms with Gasteiger partial charge in [0.1, 0.15) is 41.8 Å². The zero-order valence-corrected chi connectivity index (χ0v) is 29.0. The van der Waals surface area contributed by atoms with E-state index in [9.17, 15) is 19.5 Å². The summed E-state index contributed by atoms with van der Waals surface area (Å²) in [5.74, 6) is -2.05. The molecule has 252 valence electrons. The van der Waals surface area contributed by atoms with Crippen molar-refractivity contribution in [3.8, 4) is 23.0 Å². The van der Waals surface area contributed by atoms with Crippen LogP contribution < -0.4 is 9.47 Å². The standard InChI is InChI=1S/C17H10Cl3NO5.C16H10Cl3NO3/c18-8-1-2-11(20)15(4-8)26-14-5-9(19)3-12-10(14)6-13(17(24)25)21(12)7-16(22)23;17-9-1-2-12(19)15(6-9)23-14-7-10(18)5-13-11(14)3-4-20(13)8-16(21)22/h1-6H,7H2,(H,22,23)(H,24,25);1-7H,8H2,(H,21,22). The van der Waals surface area contributed by atoms with E-state index >= 15 is 0 Å². The number of benzene rings is 4. The summed E-state index contributed by atoms with van der Waals surface area (Å²) in [5, 5.41) is 30.8. The van der Waals surface area contributed by atoms with Crippen molar-refractivity contribution in [3.05, 3.63) is 115 Å². The Bertz CT molecular complexity index is 2270. The summed E-state index contributed by atoms with van der Waals surface area (Å²) in [5.41, 5.74) is 0.769. The van der Waals surface area contributed by atoms with E-state index < -0.39 is 24.5 Å². The van der Waals surface area contributed by atoms with Crippen molar-refractivity contribution in [1.29, 1.82) is 0 Å². The first-order valence-corrected chi connectivity index (χ1v) is 16.0. The fourth-order valence-electron chi connectivity index (χ4n) is 4.80. The van der Waals surface area contributed by atoms with Crippen LogP contribution >= 0.6 is 69.6 Å². The van der Waals surface area contributed by atoms with Crippen LogP contribution in [0.2, 0.25) is 30.1 Å². The summed E-state index contributed by atoms with van der Waals surface area (Å²) < 4.78 is 14.3. The highest BCUT2D eigenvalue weighted by Crippen LogP contribution is 2.40. The predicted molar refractivity (Wildman–Crippen MR) is 189 cm³/mol. The molecule has 0 radical (unpaired) electrons. The fourth-order valence-corrected chi connectivity index (χ4v) is 5.85. The van der Waals surface area contributed by atoms with Gasteiger partial charge >= 0.3 is 17.9 Å². The van der Waals surface area contributed by atoms with Crippen molar-refractivity contribution >= 4 is 109 Å². The number of hydrogen-bond donors (Lipinski definition) is 3. The number of carboxylic acid groups (broad SMARTS) is 3. The van der Waals surface area contributed by atoms with E-state index in [1.807, 2.05) is 0 Å². The van der Waals surface area contributed by atoms with Gasteiger partial charge in [-0.05, 0) is 48.5 Å². The molecule has 6 rings (SSSR count). The van der Waals surface area contributed by atoms with Crippen LogP contribution in [0.5, 0.6) is 23.0 Å². The van der Waals surface area contributed by atoms with Gasteiger partial charge in [-0.15, -0.1) is 0 Å². The van der Waals surface area contributed by atoms with E-state index in [0.29, 0.717) is 53.0 Å². The molecular weight excluding hydrogens is 765 g/mol. The van der Waals surface area contributed by atoms with Crippen LogP contribution in [0.25, 0.3) is 21.8 Å². The largest absolute Gasteiger partial charge is 0.480 e. The molecule has 0 amide bonds. The molecule has 10 nitrogen and oxygen atoms in total. The summed E-state index contributed by atoms with van der Waals surface area (Å²) in [4.78, 5) is 33.6. The number of carboxylic acids is 3. The van der Waals surface area contributed by atoms with Gasteiger partial charge in [0.2, 0.25) is 0 Å². The van der Waals surface area contributed by atoms with Crippen LogP contribution in [0, 0.1) is 0 Å². The zero-order chi connectivity index (χ0) is 35.6. The van der Waals surface area contributed by atoms with Gasteiger partial charge in [0.25, 0.3) is 0 Å². The molecule has 0 bridgehead atoms. The first-order valence-electron chi connectivity index (χ1n) is 13.7. The highest BCUT2D eigenvalue weighted by Gasteiger charge is 2.21. The van der Waals surface area contributed by atoms with E-state index in [2.05, 4.69) is 0 Å². The van der Waals surface area contributed by atoms with E-state index in [1.54, 1.807) is 59.3 Å². The third-order valence-corrected chi connectivity index (χ3v) is 8.34. The van der Waals surface area contributed by atoms with Gasteiger partial charge in [0, 0.05) is 61.3 Å². The molecule has 0 unspecified atom stereocenters. The molecule has 4 aromatic carbocycles. The normalized spacial score (nSPS) is 10.9. The van der Waals surface area contributed by atoms with E-state index in [4.69, 9.17) is 89.3 Å². The molecule has 0 aliphatic rings. The van der Waals surface area contributed by atoms with E-state index in [-0.39, 0.29) is 28.8 Å². The summed E-state index contributed by atoms with van der Waals surface area (Å²) in [7, 11) is 0. The first-order chi connectivity index (χ1) is 23.2. The second kappa shape index (κ2) is 15.1. The maximum absolute atomic E-state index is 11.5. The molecule has 0 saturated heterocycles. The van der Waals surface area contributed by atoms with Crippen LogP contribution in [-0.4, -0.2) is 42.4 Å². The van der Waals surface area contributed by atoms with Crippen LogP contribution in [-0.2, 0) is 22.7 Å². The van der Waals surface area contributed by atoms with Crippen molar-refractivity contribution in [3.63, 3.8) is 0 Å². The molecule has 0 saturated carbocycles. The summed E-state index contributed by atoms with van der Waals surface area (Å²) in [6, 6.07) is 18.9. The third-order valence-electron chi connectivity index (χ3n) is 6.81. The lowest BCUT2D eigenvalue weighted by Gasteiger charge is -2.11. The SMILES string of the molecule is O=C(O)Cn1c(C(=O)O)cc2c(Oc3cc(Cl)ccc3Cl)cc(Cl)cc21.O=C(O)Cn1ccc2c(Oc3cc(Cl)ccc3Cl)cc(Cl)cc21. The lowest BCUT2D eigenvalue weighted by Crippen LogP contribution is -2.14. The quantitative estimate of drug-likeness (QED) is 0.132. The molecule has 49 heavy (non-hydrogen) atoms. The molecule has 0 aliphatic carbocycles. The van der Waals surface area contributed by atoms with Gasteiger partial charge < -0.3 is 33.9 Å². The van der Waals surface area contributed by atoms with Gasteiger partial charge in [-0.3, -0.25) is 9.59 Å². The summed E-state index contributed by atoms with van der Waals surface area (Å²) in [6.45, 7) is -0.704. The molecule has 16 heteroatoms. The Morgan fingerprint density at radius 3 is 1.55 bits per heavy atom. The molecule has 0 spiro atoms. The van der Waals surface area contributed by atoms with Crippen molar-refractivity contribution in [2.45, 2.75) is 13.1 Å². The number of aromatic nitrogens is 2. The molecule has 2 heterocycles. The number of fused-ring (bicyclic) bond motifs is 2. The topological polar surface area (TPSA) is 140 Å². The lowest BCUT2D eigenvalue weighted by atomic mass is 10.2. The molecular formula is C33H20Cl6N2O8. The monoisotopic (exact) mass is 782 g/mol. The number of ether oxygens (including phenoxy) is 2. The Labute approximate surface area is 307 Å². The highest BCUT2D eigenvalue weighted by molar-refractivity contribution is 6.35. The Balaban J connectivity index is 0.000000192. The average Bonchev–Trinajstić information content (AvgIpc) is 3.58. The predicted octanol–water partition coefficient (Wildman–Crippen LogP) is 10.7. The molecule has 6 aromatic rings. The molecule has 2 aromatic heterocycles. The third kappa shape index (κ3) is 8.48. The minimum absolute atomic E-state index is 0.165. The van der Waals surface area contributed by atoms with Gasteiger partial charge in [-0.1, -0.05) is 69.6 Å². The van der Waals surface area contributed by atoms with Crippen molar-refractivity contribution < 1.29 is 39.2 Å². The number of rotatable bonds is 9. The smallest absolute Gasteiger partial charge is 0.352 e. The minimum Gasteiger partial charge on any atom is -0.480 e. The van der Waals surface area contributed by atoms with Crippen LogP contribution in [0.15, 0.2) is 79.0 Å². The molecule has 0 atom stereocenters. The second-order valence-electron chi connectivity index (χ2n) is 10.2. The Morgan fingerprint density at radius 2 is 1.04 bits per heavy atom.